The average molecular weight is 425 g/mol. The molecule has 1 atom stereocenters. The van der Waals surface area contributed by atoms with Crippen molar-refractivity contribution in [2.24, 2.45) is 0 Å². The van der Waals surface area contributed by atoms with Gasteiger partial charge in [0.15, 0.2) is 0 Å². The fraction of sp³-hybridized carbons (Fsp3) is 0.625. The van der Waals surface area contributed by atoms with Crippen LogP contribution in [0.2, 0.25) is 0 Å². The molecule has 0 aliphatic carbocycles. The van der Waals surface area contributed by atoms with Crippen molar-refractivity contribution >= 4 is 25.9 Å². The molecule has 0 aliphatic heterocycles. The smallest absolute Gasteiger partial charge is 0.417 e. The van der Waals surface area contributed by atoms with E-state index in [9.17, 15) is 9.13 Å². The van der Waals surface area contributed by atoms with E-state index >= 15 is 0 Å². The third-order valence-electron chi connectivity index (χ3n) is 2.95. The van der Waals surface area contributed by atoms with Gasteiger partial charge in [-0.05, 0) is 58.3 Å². The summed E-state index contributed by atoms with van der Waals surface area (Å²) in [6.45, 7) is 4.15. The Hall–Kier alpha value is -0.330. The Morgan fingerprint density at radius 2 is 1.58 bits per heavy atom. The van der Waals surface area contributed by atoms with Crippen LogP contribution in [0.15, 0.2) is 30.3 Å². The quantitative estimate of drug-likeness (QED) is 0.410. The minimum atomic E-state index is -3.43. The van der Waals surface area contributed by atoms with Crippen LogP contribution in [0.1, 0.15) is 27.7 Å². The molecule has 1 aromatic rings. The molecular weight excluding hydrogens is 396 g/mol. The molecule has 0 bridgehead atoms. The lowest BCUT2D eigenvalue weighted by Gasteiger charge is -2.29. The van der Waals surface area contributed by atoms with E-state index in [0.717, 1.165) is 11.4 Å². The molecule has 7 nitrogen and oxygen atoms in total. The van der Waals surface area contributed by atoms with Crippen LogP contribution in [0.4, 0.5) is 0 Å². The topological polar surface area (TPSA) is 74.3 Å². The van der Waals surface area contributed by atoms with Gasteiger partial charge < -0.3 is 4.52 Å². The summed E-state index contributed by atoms with van der Waals surface area (Å²) in [6.07, 6.45) is -0.498. The SMILES string of the molecule is COP(=O)(Oc1ccccc1)SCCN(C)P(=O)(OC(C)C)OC(C)C. The molecular formula is C16H29NO6P2S. The molecule has 150 valence electrons. The Labute approximate surface area is 160 Å². The Kier molecular flexibility index (Phi) is 9.91. The zero-order valence-corrected chi connectivity index (χ0v) is 18.8. The zero-order valence-electron chi connectivity index (χ0n) is 16.2. The highest BCUT2D eigenvalue weighted by molar-refractivity contribution is 8.55. The van der Waals surface area contributed by atoms with Crippen LogP contribution in [0.3, 0.4) is 0 Å². The van der Waals surface area contributed by atoms with Crippen LogP contribution in [0, 0.1) is 0 Å². The summed E-state index contributed by atoms with van der Waals surface area (Å²) in [7, 11) is -0.434. The lowest BCUT2D eigenvalue weighted by molar-refractivity contribution is 0.113. The summed E-state index contributed by atoms with van der Waals surface area (Å²) in [6, 6.07) is 8.83. The minimum Gasteiger partial charge on any atom is -0.417 e. The second-order valence-electron chi connectivity index (χ2n) is 6.03. The molecule has 10 heteroatoms. The van der Waals surface area contributed by atoms with Crippen molar-refractivity contribution in [2.45, 2.75) is 39.9 Å². The van der Waals surface area contributed by atoms with Crippen molar-refractivity contribution in [1.82, 2.24) is 4.67 Å². The lowest BCUT2D eigenvalue weighted by atomic mass is 10.3. The molecule has 1 unspecified atom stereocenters. The highest BCUT2D eigenvalue weighted by atomic mass is 32.7. The fourth-order valence-corrected chi connectivity index (χ4v) is 6.61. The summed E-state index contributed by atoms with van der Waals surface area (Å²) in [5, 5.41) is 0. The maximum absolute atomic E-state index is 13.0. The number of hydrogen-bond acceptors (Lipinski definition) is 7. The van der Waals surface area contributed by atoms with Gasteiger partial charge in [0, 0.05) is 19.4 Å². The molecule has 1 rings (SSSR count). The van der Waals surface area contributed by atoms with Gasteiger partial charge in [-0.25, -0.2) is 13.8 Å². The van der Waals surface area contributed by atoms with Gasteiger partial charge in [0.05, 0.1) is 12.2 Å². The average Bonchev–Trinajstić information content (AvgIpc) is 2.54. The van der Waals surface area contributed by atoms with E-state index in [1.54, 1.807) is 59.0 Å². The van der Waals surface area contributed by atoms with Crippen molar-refractivity contribution in [1.29, 1.82) is 0 Å². The van der Waals surface area contributed by atoms with Crippen LogP contribution in [0.25, 0.3) is 0 Å². The van der Waals surface area contributed by atoms with E-state index in [2.05, 4.69) is 0 Å². The van der Waals surface area contributed by atoms with Crippen LogP contribution in [0.5, 0.6) is 5.75 Å². The largest absolute Gasteiger partial charge is 0.439 e. The zero-order chi connectivity index (χ0) is 19.8. The number of benzene rings is 1. The molecule has 0 aliphatic rings. The predicted molar refractivity (Wildman–Crippen MR) is 107 cm³/mol. The Balaban J connectivity index is 2.67. The van der Waals surface area contributed by atoms with Gasteiger partial charge >= 0.3 is 14.5 Å². The van der Waals surface area contributed by atoms with E-state index in [4.69, 9.17) is 18.1 Å². The number of rotatable bonds is 12. The Morgan fingerprint density at radius 3 is 2.04 bits per heavy atom. The third-order valence-corrected chi connectivity index (χ3v) is 9.10. The first-order chi connectivity index (χ1) is 12.1. The number of para-hydroxylation sites is 1. The summed E-state index contributed by atoms with van der Waals surface area (Å²) >= 11 is 1.04. The second kappa shape index (κ2) is 10.9. The highest BCUT2D eigenvalue weighted by Gasteiger charge is 2.34. The molecule has 0 aromatic heterocycles. The van der Waals surface area contributed by atoms with Crippen LogP contribution >= 0.6 is 25.9 Å². The van der Waals surface area contributed by atoms with E-state index in [1.807, 2.05) is 6.07 Å². The summed E-state index contributed by atoms with van der Waals surface area (Å²) < 4.78 is 48.9. The molecule has 0 saturated carbocycles. The van der Waals surface area contributed by atoms with E-state index in [1.165, 1.54) is 11.8 Å². The monoisotopic (exact) mass is 425 g/mol. The molecule has 1 aromatic carbocycles. The third kappa shape index (κ3) is 8.13. The maximum atomic E-state index is 13.0. The predicted octanol–water partition coefficient (Wildman–Crippen LogP) is 5.44. The van der Waals surface area contributed by atoms with Gasteiger partial charge in [0.1, 0.15) is 5.75 Å². The van der Waals surface area contributed by atoms with Gasteiger partial charge in [0.2, 0.25) is 0 Å². The lowest BCUT2D eigenvalue weighted by Crippen LogP contribution is -2.24. The summed E-state index contributed by atoms with van der Waals surface area (Å²) in [5.41, 5.74) is 0. The van der Waals surface area contributed by atoms with Crippen molar-refractivity contribution in [3.05, 3.63) is 30.3 Å². The van der Waals surface area contributed by atoms with Gasteiger partial charge in [0.25, 0.3) is 0 Å². The molecule has 0 fully saturated rings. The molecule has 0 heterocycles. The van der Waals surface area contributed by atoms with Crippen molar-refractivity contribution < 1.29 is 27.2 Å². The van der Waals surface area contributed by atoms with Crippen LogP contribution in [-0.2, 0) is 22.7 Å². The minimum absolute atomic E-state index is 0.249. The molecule has 0 N–H and O–H groups in total. The van der Waals surface area contributed by atoms with Crippen molar-refractivity contribution in [2.75, 3.05) is 26.5 Å². The summed E-state index contributed by atoms with van der Waals surface area (Å²) in [5.74, 6) is 0.831. The van der Waals surface area contributed by atoms with Gasteiger partial charge in [-0.1, -0.05) is 18.2 Å². The summed E-state index contributed by atoms with van der Waals surface area (Å²) in [4.78, 5) is 0. The molecule has 0 radical (unpaired) electrons. The molecule has 0 amide bonds. The van der Waals surface area contributed by atoms with E-state index in [-0.39, 0.29) is 12.2 Å². The number of hydrogen-bond donors (Lipinski definition) is 0. The van der Waals surface area contributed by atoms with E-state index in [0.29, 0.717) is 18.0 Å². The first-order valence-electron chi connectivity index (χ1n) is 8.33. The van der Waals surface area contributed by atoms with E-state index < -0.39 is 14.5 Å². The second-order valence-corrected chi connectivity index (χ2v) is 12.3. The van der Waals surface area contributed by atoms with Crippen molar-refractivity contribution in [3.8, 4) is 5.75 Å². The molecule has 0 spiro atoms. The first-order valence-corrected chi connectivity index (χ1v) is 13.0. The van der Waals surface area contributed by atoms with Gasteiger partial charge in [-0.2, -0.15) is 0 Å². The normalized spacial score (nSPS) is 14.8. The number of nitrogens with zero attached hydrogens (tertiary/aromatic N) is 1. The fourth-order valence-electron chi connectivity index (χ4n) is 1.85. The Morgan fingerprint density at radius 1 is 1.04 bits per heavy atom. The Bertz CT molecular complexity index is 614. The first kappa shape index (κ1) is 23.7. The molecule has 26 heavy (non-hydrogen) atoms. The van der Waals surface area contributed by atoms with Gasteiger partial charge in [-0.3, -0.25) is 13.6 Å². The maximum Gasteiger partial charge on any atom is 0.439 e. The highest BCUT2D eigenvalue weighted by Crippen LogP contribution is 2.60. The van der Waals surface area contributed by atoms with Crippen molar-refractivity contribution in [3.63, 3.8) is 0 Å². The van der Waals surface area contributed by atoms with Gasteiger partial charge in [-0.15, -0.1) is 0 Å². The molecule has 0 saturated heterocycles. The van der Waals surface area contributed by atoms with Crippen LogP contribution < -0.4 is 4.52 Å². The standard InChI is InChI=1S/C16H29NO6P2S/c1-14(2)21-24(18,22-15(3)4)17(5)12-13-26-25(19,20-6)23-16-10-8-7-9-11-16/h7-11,14-15H,12-13H2,1-6H3. The van der Waals surface area contributed by atoms with Crippen LogP contribution in [-0.4, -0.2) is 43.3 Å².